The minimum Gasteiger partial charge on any atom is -0.501 e. The molecule has 0 spiro atoms. The van der Waals surface area contributed by atoms with Crippen molar-refractivity contribution in [1.82, 2.24) is 9.78 Å². The lowest BCUT2D eigenvalue weighted by Gasteiger charge is -2.00. The molecule has 104 valence electrons. The molecule has 0 radical (unpaired) electrons. The zero-order chi connectivity index (χ0) is 14.4. The lowest BCUT2D eigenvalue weighted by molar-refractivity contribution is 0.0689. The lowest BCUT2D eigenvalue weighted by atomic mass is 10.2. The highest BCUT2D eigenvalue weighted by atomic mass is 16.5. The van der Waals surface area contributed by atoms with Gasteiger partial charge < -0.3 is 9.84 Å². The van der Waals surface area contributed by atoms with Gasteiger partial charge in [0.1, 0.15) is 0 Å². The van der Waals surface area contributed by atoms with Gasteiger partial charge in [-0.25, -0.2) is 4.79 Å². The molecule has 1 aromatic heterocycles. The molecule has 0 atom stereocenters. The summed E-state index contributed by atoms with van der Waals surface area (Å²) in [4.78, 5) is 11.2. The second kappa shape index (κ2) is 6.56. The van der Waals surface area contributed by atoms with Gasteiger partial charge in [-0.05, 0) is 18.6 Å². The van der Waals surface area contributed by atoms with E-state index in [4.69, 9.17) is 9.84 Å². The van der Waals surface area contributed by atoms with Gasteiger partial charge in [-0.15, -0.1) is 0 Å². The Morgan fingerprint density at radius 2 is 2.15 bits per heavy atom. The lowest BCUT2D eigenvalue weighted by Crippen LogP contribution is -2.04. The fraction of sp³-hybridized carbons (Fsp3) is 0.200. The molecule has 0 unspecified atom stereocenters. The molecule has 0 saturated heterocycles. The summed E-state index contributed by atoms with van der Waals surface area (Å²) in [6.45, 7) is 2.93. The maximum absolute atomic E-state index is 11.2. The zero-order valence-corrected chi connectivity index (χ0v) is 11.2. The molecular formula is C15H16N2O3. The van der Waals surface area contributed by atoms with E-state index >= 15 is 0 Å². The number of aromatic carboxylic acids is 1. The molecule has 2 rings (SSSR count). The van der Waals surface area contributed by atoms with Crippen molar-refractivity contribution >= 4 is 12.0 Å². The van der Waals surface area contributed by atoms with Gasteiger partial charge in [-0.2, -0.15) is 5.10 Å². The average molecular weight is 272 g/mol. The Hall–Kier alpha value is -2.56. The molecule has 0 fully saturated rings. The van der Waals surface area contributed by atoms with Crippen molar-refractivity contribution in [2.75, 3.05) is 6.61 Å². The van der Waals surface area contributed by atoms with Crippen LogP contribution in [0.1, 0.15) is 28.5 Å². The Balaban J connectivity index is 2.22. The van der Waals surface area contributed by atoms with Crippen LogP contribution in [-0.2, 0) is 11.3 Å². The minimum absolute atomic E-state index is 0.0249. The molecular weight excluding hydrogens is 256 g/mol. The molecule has 0 aliphatic carbocycles. The fourth-order valence-corrected chi connectivity index (χ4v) is 1.79. The second-order valence-electron chi connectivity index (χ2n) is 4.18. The normalized spacial score (nSPS) is 10.8. The van der Waals surface area contributed by atoms with E-state index in [9.17, 15) is 4.79 Å². The van der Waals surface area contributed by atoms with Crippen LogP contribution in [0.5, 0.6) is 0 Å². The Morgan fingerprint density at radius 1 is 1.40 bits per heavy atom. The number of nitrogens with zero attached hydrogens (tertiary/aromatic N) is 2. The van der Waals surface area contributed by atoms with Crippen molar-refractivity contribution in [2.45, 2.75) is 13.5 Å². The first-order chi connectivity index (χ1) is 9.70. The van der Waals surface area contributed by atoms with Crippen LogP contribution in [0.2, 0.25) is 0 Å². The van der Waals surface area contributed by atoms with Gasteiger partial charge in [0.15, 0.2) is 5.69 Å². The largest absolute Gasteiger partial charge is 0.501 e. The summed E-state index contributed by atoms with van der Waals surface area (Å²) in [6, 6.07) is 9.75. The molecule has 0 amide bonds. The van der Waals surface area contributed by atoms with Crippen LogP contribution in [0, 0.1) is 0 Å². The third kappa shape index (κ3) is 3.47. The number of ether oxygens (including phenoxy) is 1. The average Bonchev–Trinajstić information content (AvgIpc) is 2.83. The molecule has 2 aromatic rings. The molecule has 5 nitrogen and oxygen atoms in total. The third-order valence-corrected chi connectivity index (χ3v) is 2.69. The van der Waals surface area contributed by atoms with Crippen LogP contribution >= 0.6 is 0 Å². The number of aromatic nitrogens is 2. The maximum atomic E-state index is 11.2. The van der Waals surface area contributed by atoms with E-state index < -0.39 is 5.97 Å². The summed E-state index contributed by atoms with van der Waals surface area (Å²) in [5.41, 5.74) is 1.62. The van der Waals surface area contributed by atoms with E-state index in [0.717, 1.165) is 5.56 Å². The Bertz CT molecular complexity index is 603. The molecule has 20 heavy (non-hydrogen) atoms. The highest BCUT2D eigenvalue weighted by Crippen LogP contribution is 2.11. The summed E-state index contributed by atoms with van der Waals surface area (Å²) < 4.78 is 6.70. The molecule has 0 aliphatic rings. The van der Waals surface area contributed by atoms with Crippen LogP contribution in [0.4, 0.5) is 0 Å². The molecule has 1 heterocycles. The molecule has 0 bridgehead atoms. The SMILES string of the molecule is CCO/C=C/c1cn(Cc2ccccc2)nc1C(=O)O. The van der Waals surface area contributed by atoms with Crippen molar-refractivity contribution < 1.29 is 14.6 Å². The van der Waals surface area contributed by atoms with Gasteiger partial charge in [-0.1, -0.05) is 30.3 Å². The van der Waals surface area contributed by atoms with E-state index in [1.807, 2.05) is 37.3 Å². The first-order valence-electron chi connectivity index (χ1n) is 6.33. The highest BCUT2D eigenvalue weighted by Gasteiger charge is 2.14. The van der Waals surface area contributed by atoms with Crippen molar-refractivity contribution in [1.29, 1.82) is 0 Å². The number of rotatable bonds is 6. The van der Waals surface area contributed by atoms with Crippen LogP contribution in [0.25, 0.3) is 6.08 Å². The number of hydrogen-bond acceptors (Lipinski definition) is 3. The van der Waals surface area contributed by atoms with Gasteiger partial charge in [0.25, 0.3) is 0 Å². The number of carboxylic acid groups (broad SMARTS) is 1. The number of carboxylic acids is 1. The molecule has 1 N–H and O–H groups in total. The zero-order valence-electron chi connectivity index (χ0n) is 11.2. The molecule has 0 saturated carbocycles. The van der Waals surface area contributed by atoms with Gasteiger partial charge in [-0.3, -0.25) is 4.68 Å². The van der Waals surface area contributed by atoms with Crippen molar-refractivity contribution in [3.8, 4) is 0 Å². The summed E-state index contributed by atoms with van der Waals surface area (Å²) in [5.74, 6) is -1.05. The number of hydrogen-bond donors (Lipinski definition) is 1. The van der Waals surface area contributed by atoms with E-state index in [2.05, 4.69) is 5.10 Å². The highest BCUT2D eigenvalue weighted by molar-refractivity contribution is 5.89. The molecule has 0 aliphatic heterocycles. The molecule has 1 aromatic carbocycles. The van der Waals surface area contributed by atoms with E-state index in [-0.39, 0.29) is 5.69 Å². The fourth-order valence-electron chi connectivity index (χ4n) is 1.79. The van der Waals surface area contributed by atoms with Crippen LogP contribution in [0.15, 0.2) is 42.8 Å². The van der Waals surface area contributed by atoms with Gasteiger partial charge in [0.2, 0.25) is 0 Å². The standard InChI is InChI=1S/C15H16N2O3/c1-2-20-9-8-13-11-17(16-14(13)15(18)19)10-12-6-4-3-5-7-12/h3-9,11H,2,10H2,1H3,(H,18,19)/b9-8+. The summed E-state index contributed by atoms with van der Waals surface area (Å²) in [6.07, 6.45) is 4.80. The van der Waals surface area contributed by atoms with Crippen molar-refractivity contribution in [2.24, 2.45) is 0 Å². The topological polar surface area (TPSA) is 64.4 Å². The molecule has 5 heteroatoms. The van der Waals surface area contributed by atoms with Gasteiger partial charge in [0.05, 0.1) is 19.4 Å². The summed E-state index contributed by atoms with van der Waals surface area (Å²) in [5, 5.41) is 13.2. The quantitative estimate of drug-likeness (QED) is 0.821. The monoisotopic (exact) mass is 272 g/mol. The first-order valence-corrected chi connectivity index (χ1v) is 6.33. The van der Waals surface area contributed by atoms with Crippen LogP contribution in [-0.4, -0.2) is 27.5 Å². The van der Waals surface area contributed by atoms with Crippen molar-refractivity contribution in [3.05, 3.63) is 59.6 Å². The third-order valence-electron chi connectivity index (χ3n) is 2.69. The van der Waals surface area contributed by atoms with Gasteiger partial charge in [0, 0.05) is 11.8 Å². The van der Waals surface area contributed by atoms with Crippen LogP contribution in [0.3, 0.4) is 0 Å². The number of benzene rings is 1. The Labute approximate surface area is 117 Å². The van der Waals surface area contributed by atoms with Crippen LogP contribution < -0.4 is 0 Å². The first kappa shape index (κ1) is 13.9. The minimum atomic E-state index is -1.05. The van der Waals surface area contributed by atoms with Crippen molar-refractivity contribution in [3.63, 3.8) is 0 Å². The predicted octanol–water partition coefficient (Wildman–Crippen LogP) is 2.64. The Morgan fingerprint density at radius 3 is 2.80 bits per heavy atom. The van der Waals surface area contributed by atoms with E-state index in [1.54, 1.807) is 17.0 Å². The maximum Gasteiger partial charge on any atom is 0.357 e. The van der Waals surface area contributed by atoms with Gasteiger partial charge >= 0.3 is 5.97 Å². The Kier molecular flexibility index (Phi) is 4.55. The second-order valence-corrected chi connectivity index (χ2v) is 4.18. The summed E-state index contributed by atoms with van der Waals surface area (Å²) in [7, 11) is 0. The smallest absolute Gasteiger partial charge is 0.357 e. The summed E-state index contributed by atoms with van der Waals surface area (Å²) >= 11 is 0. The van der Waals surface area contributed by atoms with E-state index in [1.165, 1.54) is 6.26 Å². The predicted molar refractivity (Wildman–Crippen MR) is 75.4 cm³/mol. The number of carbonyl (C=O) groups is 1. The van der Waals surface area contributed by atoms with E-state index in [0.29, 0.717) is 18.7 Å².